The lowest BCUT2D eigenvalue weighted by atomic mass is 10.3. The molecule has 1 rings (SSSR count). The molecule has 0 aliphatic carbocycles. The SMILES string of the molecule is CCOC(=O)Nc1cccc(N=C(N)N=C(N)N)c1. The fraction of sp³-hybridized carbons (Fsp3) is 0.182. The molecule has 8 nitrogen and oxygen atoms in total. The molecule has 0 spiro atoms. The molecule has 0 bridgehead atoms. The third kappa shape index (κ3) is 5.39. The maximum absolute atomic E-state index is 11.2. The second-order valence-corrected chi connectivity index (χ2v) is 3.40. The number of guanidine groups is 2. The average molecular weight is 264 g/mol. The fourth-order valence-corrected chi connectivity index (χ4v) is 1.23. The number of amides is 1. The Labute approximate surface area is 110 Å². The third-order valence-electron chi connectivity index (χ3n) is 1.86. The van der Waals surface area contributed by atoms with Gasteiger partial charge in [-0.15, -0.1) is 0 Å². The van der Waals surface area contributed by atoms with Crippen molar-refractivity contribution in [2.24, 2.45) is 27.2 Å². The molecule has 0 aliphatic rings. The third-order valence-corrected chi connectivity index (χ3v) is 1.86. The second-order valence-electron chi connectivity index (χ2n) is 3.40. The van der Waals surface area contributed by atoms with Gasteiger partial charge in [0.15, 0.2) is 5.96 Å². The Bertz CT molecular complexity index is 508. The summed E-state index contributed by atoms with van der Waals surface area (Å²) in [5.41, 5.74) is 16.9. The van der Waals surface area contributed by atoms with Gasteiger partial charge in [0.25, 0.3) is 0 Å². The van der Waals surface area contributed by atoms with E-state index < -0.39 is 6.09 Å². The number of hydrogen-bond acceptors (Lipinski definition) is 3. The van der Waals surface area contributed by atoms with Gasteiger partial charge in [-0.25, -0.2) is 9.79 Å². The molecule has 102 valence electrons. The largest absolute Gasteiger partial charge is 0.450 e. The van der Waals surface area contributed by atoms with E-state index in [2.05, 4.69) is 15.3 Å². The highest BCUT2D eigenvalue weighted by Crippen LogP contribution is 2.18. The maximum atomic E-state index is 11.2. The van der Waals surface area contributed by atoms with Crippen molar-refractivity contribution in [1.29, 1.82) is 0 Å². The number of aliphatic imine (C=N–C) groups is 2. The summed E-state index contributed by atoms with van der Waals surface area (Å²) in [4.78, 5) is 18.8. The van der Waals surface area contributed by atoms with E-state index in [1.807, 2.05) is 0 Å². The summed E-state index contributed by atoms with van der Waals surface area (Å²) < 4.78 is 4.75. The first-order chi connectivity index (χ1) is 9.01. The summed E-state index contributed by atoms with van der Waals surface area (Å²) in [7, 11) is 0. The summed E-state index contributed by atoms with van der Waals surface area (Å²) in [6.07, 6.45) is -0.541. The lowest BCUT2D eigenvalue weighted by Crippen LogP contribution is -2.26. The summed E-state index contributed by atoms with van der Waals surface area (Å²) in [5, 5.41) is 2.54. The van der Waals surface area contributed by atoms with Crippen LogP contribution < -0.4 is 22.5 Å². The molecule has 0 saturated heterocycles. The van der Waals surface area contributed by atoms with Gasteiger partial charge in [0.2, 0.25) is 5.96 Å². The van der Waals surface area contributed by atoms with Crippen molar-refractivity contribution in [3.63, 3.8) is 0 Å². The number of nitrogens with one attached hydrogen (secondary N) is 1. The Morgan fingerprint density at radius 1 is 1.37 bits per heavy atom. The number of ether oxygens (including phenoxy) is 1. The van der Waals surface area contributed by atoms with Crippen LogP contribution >= 0.6 is 0 Å². The first-order valence-corrected chi connectivity index (χ1v) is 5.49. The minimum Gasteiger partial charge on any atom is -0.450 e. The Hall–Kier alpha value is -2.77. The summed E-state index contributed by atoms with van der Waals surface area (Å²) in [6.45, 7) is 2.01. The van der Waals surface area contributed by atoms with Crippen molar-refractivity contribution in [1.82, 2.24) is 0 Å². The number of rotatable bonds is 3. The summed E-state index contributed by atoms with van der Waals surface area (Å²) in [5.74, 6) is -0.254. The number of hydrogen-bond donors (Lipinski definition) is 4. The minimum absolute atomic E-state index is 0.0757. The molecule has 0 saturated carbocycles. The predicted molar refractivity (Wildman–Crippen MR) is 74.2 cm³/mol. The monoisotopic (exact) mass is 264 g/mol. The van der Waals surface area contributed by atoms with Gasteiger partial charge in [-0.1, -0.05) is 6.07 Å². The van der Waals surface area contributed by atoms with Crippen molar-refractivity contribution in [2.45, 2.75) is 6.92 Å². The molecule has 0 fully saturated rings. The maximum Gasteiger partial charge on any atom is 0.411 e. The molecule has 19 heavy (non-hydrogen) atoms. The van der Waals surface area contributed by atoms with Gasteiger partial charge in [-0.3, -0.25) is 5.32 Å². The molecule has 0 aromatic heterocycles. The van der Waals surface area contributed by atoms with Gasteiger partial charge in [0.1, 0.15) is 0 Å². The van der Waals surface area contributed by atoms with Crippen molar-refractivity contribution in [3.05, 3.63) is 24.3 Å². The zero-order valence-corrected chi connectivity index (χ0v) is 10.5. The number of carbonyl (C=O) groups excluding carboxylic acids is 1. The van der Waals surface area contributed by atoms with Crippen LogP contribution in [0.3, 0.4) is 0 Å². The molecule has 0 radical (unpaired) electrons. The molecule has 1 aromatic carbocycles. The van der Waals surface area contributed by atoms with Crippen LogP contribution in [0.2, 0.25) is 0 Å². The predicted octanol–water partition coefficient (Wildman–Crippen LogP) is 0.475. The molecular weight excluding hydrogens is 248 g/mol. The Morgan fingerprint density at radius 3 is 2.74 bits per heavy atom. The smallest absolute Gasteiger partial charge is 0.411 e. The Morgan fingerprint density at radius 2 is 2.11 bits per heavy atom. The molecule has 1 aromatic rings. The van der Waals surface area contributed by atoms with E-state index in [9.17, 15) is 4.79 Å². The highest BCUT2D eigenvalue weighted by atomic mass is 16.5. The van der Waals surface area contributed by atoms with Gasteiger partial charge >= 0.3 is 6.09 Å². The molecule has 0 unspecified atom stereocenters. The number of nitrogens with two attached hydrogens (primary N) is 3. The van der Waals surface area contributed by atoms with E-state index in [1.165, 1.54) is 0 Å². The number of benzene rings is 1. The van der Waals surface area contributed by atoms with Gasteiger partial charge in [-0.05, 0) is 25.1 Å². The van der Waals surface area contributed by atoms with E-state index in [0.29, 0.717) is 18.0 Å². The van der Waals surface area contributed by atoms with Crippen LogP contribution in [0.25, 0.3) is 0 Å². The van der Waals surface area contributed by atoms with E-state index in [1.54, 1.807) is 31.2 Å². The van der Waals surface area contributed by atoms with Gasteiger partial charge < -0.3 is 21.9 Å². The van der Waals surface area contributed by atoms with Crippen molar-refractivity contribution < 1.29 is 9.53 Å². The topological polar surface area (TPSA) is 141 Å². The van der Waals surface area contributed by atoms with E-state index in [0.717, 1.165) is 0 Å². The van der Waals surface area contributed by atoms with E-state index in [-0.39, 0.29) is 11.9 Å². The van der Waals surface area contributed by atoms with Crippen LogP contribution in [0.15, 0.2) is 34.3 Å². The molecule has 0 heterocycles. The summed E-state index contributed by atoms with van der Waals surface area (Å²) in [6, 6.07) is 6.67. The van der Waals surface area contributed by atoms with Crippen LogP contribution in [0.1, 0.15) is 6.92 Å². The number of nitrogens with zero attached hydrogens (tertiary/aromatic N) is 2. The average Bonchev–Trinajstić information content (AvgIpc) is 2.28. The normalized spacial score (nSPS) is 10.7. The molecule has 0 atom stereocenters. The van der Waals surface area contributed by atoms with Gasteiger partial charge in [0, 0.05) is 5.69 Å². The fourth-order valence-electron chi connectivity index (χ4n) is 1.23. The molecule has 1 amide bonds. The Kier molecular flexibility index (Phi) is 5.15. The zero-order valence-electron chi connectivity index (χ0n) is 10.5. The quantitative estimate of drug-likeness (QED) is 0.464. The second kappa shape index (κ2) is 6.84. The standard InChI is InChI=1S/C11H16N6O2/c1-2-19-11(18)16-8-5-3-4-7(6-8)15-10(14)17-9(12)13/h3-6H,2H2,1H3,(H,16,18)(H6,12,13,14,15,17). The number of carbonyl (C=O) groups is 1. The summed E-state index contributed by atoms with van der Waals surface area (Å²) >= 11 is 0. The lowest BCUT2D eigenvalue weighted by molar-refractivity contribution is 0.168. The first kappa shape index (κ1) is 14.3. The van der Waals surface area contributed by atoms with Gasteiger partial charge in [0.05, 0.1) is 12.3 Å². The van der Waals surface area contributed by atoms with Crippen LogP contribution in [0.5, 0.6) is 0 Å². The van der Waals surface area contributed by atoms with E-state index >= 15 is 0 Å². The molecule has 7 N–H and O–H groups in total. The van der Waals surface area contributed by atoms with Gasteiger partial charge in [-0.2, -0.15) is 4.99 Å². The highest BCUT2D eigenvalue weighted by Gasteiger charge is 2.02. The first-order valence-electron chi connectivity index (χ1n) is 5.49. The van der Waals surface area contributed by atoms with E-state index in [4.69, 9.17) is 21.9 Å². The number of anilines is 1. The lowest BCUT2D eigenvalue weighted by Gasteiger charge is -2.05. The Balaban J connectivity index is 2.83. The molecular formula is C11H16N6O2. The highest BCUT2D eigenvalue weighted by molar-refractivity contribution is 5.93. The van der Waals surface area contributed by atoms with Crippen LogP contribution in [0.4, 0.5) is 16.2 Å². The zero-order chi connectivity index (χ0) is 14.3. The van der Waals surface area contributed by atoms with Crippen LogP contribution in [-0.2, 0) is 4.74 Å². The van der Waals surface area contributed by atoms with Crippen molar-refractivity contribution in [2.75, 3.05) is 11.9 Å². The minimum atomic E-state index is -0.541. The molecule has 8 heteroatoms. The van der Waals surface area contributed by atoms with Crippen LogP contribution in [0, 0.1) is 0 Å². The molecule has 0 aliphatic heterocycles. The van der Waals surface area contributed by atoms with Crippen molar-refractivity contribution in [3.8, 4) is 0 Å². The van der Waals surface area contributed by atoms with Crippen LogP contribution in [-0.4, -0.2) is 24.6 Å². The van der Waals surface area contributed by atoms with Crippen molar-refractivity contribution >= 4 is 29.4 Å².